The van der Waals surface area contributed by atoms with Crippen molar-refractivity contribution in [2.24, 2.45) is 0 Å². The van der Waals surface area contributed by atoms with Crippen LogP contribution in [0.3, 0.4) is 0 Å². The third-order valence-electron chi connectivity index (χ3n) is 0. The summed E-state index contributed by atoms with van der Waals surface area (Å²) in [6.07, 6.45) is 0. The van der Waals surface area contributed by atoms with E-state index in [1.165, 1.54) is 0 Å². The minimum Gasteiger partial charge on any atom is 1.00 e. The summed E-state index contributed by atoms with van der Waals surface area (Å²) in [5.74, 6) is 0. The molecule has 0 atom stereocenters. The fourth-order valence-electron chi connectivity index (χ4n) is 0. The molecular formula is F6PRb. The van der Waals surface area contributed by atoms with E-state index >= 15 is 0 Å². The molecule has 0 N–H and O–H groups in total. The van der Waals surface area contributed by atoms with Gasteiger partial charge in [0.15, 0.2) is 0 Å². The van der Waals surface area contributed by atoms with Gasteiger partial charge in [-0.3, -0.25) is 0 Å². The normalized spacial score (nSPS) is 20.2. The second-order valence-corrected chi connectivity index (χ2v) is 2.87. The Hall–Kier alpha value is 1.82. The van der Waals surface area contributed by atoms with Gasteiger partial charge in [-0.15, -0.1) is 0 Å². The molecular weight excluding hydrogens is 230 g/mol. The zero-order valence-corrected chi connectivity index (χ0v) is 9.53. The van der Waals surface area contributed by atoms with Crippen LogP contribution in [0.5, 0.6) is 0 Å². The smallest absolute Gasteiger partial charge is 1.00 e. The third-order valence-corrected chi connectivity index (χ3v) is 0. The topological polar surface area (TPSA) is 0 Å². The molecule has 8 heavy (non-hydrogen) atoms. The molecule has 48 valence electrons. The fourth-order valence-corrected chi connectivity index (χ4v) is 0. The zero-order chi connectivity index (χ0) is 6.41. The van der Waals surface area contributed by atoms with Gasteiger partial charge in [-0.05, 0) is 0 Å². The summed E-state index contributed by atoms with van der Waals surface area (Å²) in [5.41, 5.74) is 0. The van der Waals surface area contributed by atoms with Gasteiger partial charge in [0.05, 0.1) is 0 Å². The maximum absolute atomic E-state index is 10.7. The van der Waals surface area contributed by atoms with Gasteiger partial charge in [-0.25, -0.2) is 0 Å². The number of hydrogen-bond donors (Lipinski definition) is 0. The molecule has 0 aromatic rings. The molecule has 0 aromatic heterocycles. The largest absolute Gasteiger partial charge is 1.00 e. The van der Waals surface area contributed by atoms with Crippen molar-refractivity contribution in [1.29, 1.82) is 0 Å². The molecule has 0 rings (SSSR count). The summed E-state index contributed by atoms with van der Waals surface area (Å²) in [5, 5.41) is 0. The van der Waals surface area contributed by atoms with Crippen LogP contribution in [0.25, 0.3) is 0 Å². The number of rotatable bonds is 0. The van der Waals surface area contributed by atoms with Crippen molar-refractivity contribution in [1.82, 2.24) is 0 Å². The summed E-state index contributed by atoms with van der Waals surface area (Å²) in [4.78, 5) is 0. The summed E-state index contributed by atoms with van der Waals surface area (Å²) in [6.45, 7) is 0. The molecule has 0 aromatic carbocycles. The number of hydrogen-bond acceptors (Lipinski definition) is 0. The van der Waals surface area contributed by atoms with Crippen molar-refractivity contribution in [2.75, 3.05) is 0 Å². The Morgan fingerprint density at radius 2 is 0.625 bits per heavy atom. The zero-order valence-electron chi connectivity index (χ0n) is 3.72. The second kappa shape index (κ2) is 1.90. The van der Waals surface area contributed by atoms with Crippen molar-refractivity contribution in [3.63, 3.8) is 0 Å². The predicted octanol–water partition coefficient (Wildman–Crippen LogP) is 0.386. The van der Waals surface area contributed by atoms with Gasteiger partial charge >= 0.3 is 91.2 Å². The van der Waals surface area contributed by atoms with E-state index in [1.54, 1.807) is 0 Å². The van der Waals surface area contributed by atoms with Crippen molar-refractivity contribution in [2.45, 2.75) is 0 Å². The van der Waals surface area contributed by atoms with Crippen LogP contribution in [-0.2, 0) is 0 Å². The molecule has 0 spiro atoms. The van der Waals surface area contributed by atoms with Crippen LogP contribution in [-0.4, -0.2) is 0 Å². The Morgan fingerprint density at radius 3 is 0.625 bits per heavy atom. The maximum Gasteiger partial charge on any atom is 1.00 e. The Kier molecular flexibility index (Phi) is 2.97. The van der Waals surface area contributed by atoms with E-state index in [0.717, 1.165) is 0 Å². The first-order chi connectivity index (χ1) is 2.45. The first kappa shape index (κ1) is 12.5. The Bertz CT molecular complexity index is 67.1. The molecule has 0 aliphatic carbocycles. The molecule has 8 heteroatoms. The summed E-state index contributed by atoms with van der Waals surface area (Å²) in [7, 11) is -10.7. The standard InChI is InChI=1S/F6P.Rb/c1-7(2,3,4,5)6;/q-1;+1. The van der Waals surface area contributed by atoms with E-state index in [-0.39, 0.29) is 58.2 Å². The van der Waals surface area contributed by atoms with Gasteiger partial charge in [0.2, 0.25) is 0 Å². The van der Waals surface area contributed by atoms with Crippen LogP contribution >= 0.6 is 7.81 Å². The Labute approximate surface area is 89.6 Å². The van der Waals surface area contributed by atoms with Crippen molar-refractivity contribution in [3.8, 4) is 0 Å². The predicted molar refractivity (Wildman–Crippen MR) is 13.6 cm³/mol. The average Bonchev–Trinajstić information content (AvgIpc) is 0.592. The van der Waals surface area contributed by atoms with Crippen LogP contribution < -0.4 is 58.2 Å². The maximum atomic E-state index is 9.87. The van der Waals surface area contributed by atoms with Crippen molar-refractivity contribution in [3.05, 3.63) is 0 Å². The van der Waals surface area contributed by atoms with E-state index < -0.39 is 7.81 Å². The third kappa shape index (κ3) is 110. The minimum absolute atomic E-state index is 0. The van der Waals surface area contributed by atoms with Gasteiger partial charge < -0.3 is 0 Å². The fraction of sp³-hybridized carbons (Fsp3) is 0. The molecule has 0 nitrogen and oxygen atoms in total. The molecule has 0 saturated heterocycles. The molecule has 0 heterocycles. The molecule has 0 unspecified atom stereocenters. The van der Waals surface area contributed by atoms with Crippen molar-refractivity contribution < 1.29 is 83.4 Å². The first-order valence-corrected chi connectivity index (χ1v) is 3.04. The van der Waals surface area contributed by atoms with E-state index in [4.69, 9.17) is 0 Å². The SMILES string of the molecule is F[P-](F)(F)(F)(F)F.[Rb+]. The van der Waals surface area contributed by atoms with Crippen LogP contribution in [0.2, 0.25) is 0 Å². The minimum atomic E-state index is -10.7. The van der Waals surface area contributed by atoms with E-state index in [2.05, 4.69) is 0 Å². The number of halogens is 6. The van der Waals surface area contributed by atoms with Gasteiger partial charge in [0.25, 0.3) is 0 Å². The molecule has 0 amide bonds. The monoisotopic (exact) mass is 230 g/mol. The summed E-state index contributed by atoms with van der Waals surface area (Å²) in [6, 6.07) is 0. The molecule has 0 radical (unpaired) electrons. The first-order valence-electron chi connectivity index (χ1n) is 1.01. The van der Waals surface area contributed by atoms with Crippen LogP contribution in [0.15, 0.2) is 0 Å². The van der Waals surface area contributed by atoms with Gasteiger partial charge in [0, 0.05) is 0 Å². The average molecular weight is 230 g/mol. The molecule has 0 bridgehead atoms. The van der Waals surface area contributed by atoms with E-state index in [1.807, 2.05) is 0 Å². The van der Waals surface area contributed by atoms with E-state index in [0.29, 0.717) is 0 Å². The van der Waals surface area contributed by atoms with E-state index in [9.17, 15) is 25.2 Å². The summed E-state index contributed by atoms with van der Waals surface area (Å²) >= 11 is 0. The van der Waals surface area contributed by atoms with Crippen LogP contribution in [0.4, 0.5) is 25.2 Å². The Balaban J connectivity index is 0. The molecule has 0 saturated carbocycles. The molecule has 0 aliphatic heterocycles. The van der Waals surface area contributed by atoms with Gasteiger partial charge in [-0.1, -0.05) is 0 Å². The Morgan fingerprint density at radius 1 is 0.625 bits per heavy atom. The second-order valence-electron chi connectivity index (χ2n) is 0.958. The molecule has 0 fully saturated rings. The molecule has 0 aliphatic rings. The van der Waals surface area contributed by atoms with Crippen LogP contribution in [0, 0.1) is 0 Å². The van der Waals surface area contributed by atoms with Crippen molar-refractivity contribution >= 4 is 7.81 Å². The van der Waals surface area contributed by atoms with Gasteiger partial charge in [0.1, 0.15) is 0 Å². The van der Waals surface area contributed by atoms with Crippen LogP contribution in [0.1, 0.15) is 0 Å². The summed E-state index contributed by atoms with van der Waals surface area (Å²) < 4.78 is 59.2. The van der Waals surface area contributed by atoms with Gasteiger partial charge in [-0.2, -0.15) is 0 Å². The quantitative estimate of drug-likeness (QED) is 0.417.